The Morgan fingerprint density at radius 2 is 2.22 bits per heavy atom. The molecule has 0 N–H and O–H groups in total. The number of rotatable bonds is 3. The lowest BCUT2D eigenvalue weighted by molar-refractivity contribution is 0.549. The van der Waals surface area contributed by atoms with E-state index in [1.165, 1.54) is 0 Å². The van der Waals surface area contributed by atoms with Gasteiger partial charge in [-0.05, 0) is 19.5 Å². The molecule has 0 aromatic carbocycles. The van der Waals surface area contributed by atoms with Gasteiger partial charge in [0, 0.05) is 12.7 Å². The highest BCUT2D eigenvalue weighted by molar-refractivity contribution is 4.96. The van der Waals surface area contributed by atoms with E-state index in [1.807, 2.05) is 31.1 Å². The average molecular weight is 125 g/mol. The summed E-state index contributed by atoms with van der Waals surface area (Å²) in [7, 11) is 2.01. The van der Waals surface area contributed by atoms with Crippen LogP contribution in [0.5, 0.6) is 0 Å². The lowest BCUT2D eigenvalue weighted by Crippen LogP contribution is -2.07. The van der Waals surface area contributed by atoms with E-state index in [2.05, 4.69) is 13.5 Å². The van der Waals surface area contributed by atoms with E-state index in [0.717, 1.165) is 12.1 Å². The molecule has 0 spiro atoms. The van der Waals surface area contributed by atoms with Crippen LogP contribution in [0.25, 0.3) is 0 Å². The van der Waals surface area contributed by atoms with Crippen LogP contribution in [0, 0.1) is 0 Å². The molecule has 1 heteroatoms. The Bertz CT molecular complexity index is 114. The van der Waals surface area contributed by atoms with E-state index in [9.17, 15) is 0 Å². The van der Waals surface area contributed by atoms with Crippen LogP contribution in [0.1, 0.15) is 20.3 Å². The zero-order chi connectivity index (χ0) is 7.28. The standard InChI is InChI=1S/C8H15N/c1-5-7-9(4)8(3)6-2/h5,7H,3,6H2,1-2,4H3/b7-5-. The molecule has 0 aromatic rings. The molecule has 0 saturated carbocycles. The van der Waals surface area contributed by atoms with Crippen LogP contribution >= 0.6 is 0 Å². The molecular weight excluding hydrogens is 110 g/mol. The average Bonchev–Trinajstić information content (AvgIpc) is 1.87. The van der Waals surface area contributed by atoms with Gasteiger partial charge in [0.2, 0.25) is 0 Å². The van der Waals surface area contributed by atoms with Gasteiger partial charge < -0.3 is 4.90 Å². The number of hydrogen-bond donors (Lipinski definition) is 0. The van der Waals surface area contributed by atoms with Crippen LogP contribution in [0.3, 0.4) is 0 Å². The molecule has 0 aliphatic carbocycles. The highest BCUT2D eigenvalue weighted by Gasteiger charge is 1.90. The topological polar surface area (TPSA) is 3.24 Å². The maximum atomic E-state index is 3.87. The van der Waals surface area contributed by atoms with Gasteiger partial charge in [-0.25, -0.2) is 0 Å². The molecule has 0 aromatic heterocycles. The third-order valence-corrected chi connectivity index (χ3v) is 1.28. The highest BCUT2D eigenvalue weighted by Crippen LogP contribution is 2.01. The van der Waals surface area contributed by atoms with Crippen molar-refractivity contribution in [2.45, 2.75) is 20.3 Å². The van der Waals surface area contributed by atoms with Crippen molar-refractivity contribution in [2.24, 2.45) is 0 Å². The van der Waals surface area contributed by atoms with Crippen molar-refractivity contribution < 1.29 is 0 Å². The van der Waals surface area contributed by atoms with E-state index >= 15 is 0 Å². The minimum Gasteiger partial charge on any atom is -0.355 e. The van der Waals surface area contributed by atoms with E-state index < -0.39 is 0 Å². The van der Waals surface area contributed by atoms with E-state index in [-0.39, 0.29) is 0 Å². The third-order valence-electron chi connectivity index (χ3n) is 1.28. The maximum absolute atomic E-state index is 3.87. The van der Waals surface area contributed by atoms with Crippen molar-refractivity contribution in [2.75, 3.05) is 7.05 Å². The fourth-order valence-corrected chi connectivity index (χ4v) is 0.578. The first kappa shape index (κ1) is 8.28. The normalized spacial score (nSPS) is 10.1. The number of nitrogens with zero attached hydrogens (tertiary/aromatic N) is 1. The smallest absolute Gasteiger partial charge is 0.0108 e. The zero-order valence-corrected chi connectivity index (χ0v) is 6.52. The summed E-state index contributed by atoms with van der Waals surface area (Å²) in [6.45, 7) is 7.97. The molecule has 0 heterocycles. The van der Waals surface area contributed by atoms with Crippen LogP contribution in [-0.2, 0) is 0 Å². The van der Waals surface area contributed by atoms with Crippen molar-refractivity contribution in [3.8, 4) is 0 Å². The van der Waals surface area contributed by atoms with Gasteiger partial charge >= 0.3 is 0 Å². The second kappa shape index (κ2) is 4.19. The molecule has 0 radical (unpaired) electrons. The monoisotopic (exact) mass is 125 g/mol. The zero-order valence-electron chi connectivity index (χ0n) is 6.52. The molecule has 0 aliphatic rings. The first-order valence-corrected chi connectivity index (χ1v) is 3.25. The largest absolute Gasteiger partial charge is 0.355 e. The predicted octanol–water partition coefficient (Wildman–Crippen LogP) is 2.38. The van der Waals surface area contributed by atoms with Crippen LogP contribution in [0.4, 0.5) is 0 Å². The van der Waals surface area contributed by atoms with Gasteiger partial charge in [-0.15, -0.1) is 0 Å². The van der Waals surface area contributed by atoms with E-state index in [0.29, 0.717) is 0 Å². The Labute approximate surface area is 57.7 Å². The molecule has 0 atom stereocenters. The van der Waals surface area contributed by atoms with Crippen LogP contribution in [0.15, 0.2) is 24.6 Å². The SMILES string of the molecule is C=C(CC)N(C)/C=C\C. The fourth-order valence-electron chi connectivity index (χ4n) is 0.578. The van der Waals surface area contributed by atoms with Crippen molar-refractivity contribution >= 4 is 0 Å². The summed E-state index contributed by atoms with van der Waals surface area (Å²) in [5.41, 5.74) is 1.15. The summed E-state index contributed by atoms with van der Waals surface area (Å²) in [6, 6.07) is 0. The van der Waals surface area contributed by atoms with Gasteiger partial charge in [0.05, 0.1) is 0 Å². The van der Waals surface area contributed by atoms with Gasteiger partial charge in [0.1, 0.15) is 0 Å². The second-order valence-electron chi connectivity index (χ2n) is 2.01. The summed E-state index contributed by atoms with van der Waals surface area (Å²) < 4.78 is 0. The second-order valence-corrected chi connectivity index (χ2v) is 2.01. The molecule has 52 valence electrons. The van der Waals surface area contributed by atoms with E-state index in [4.69, 9.17) is 0 Å². The molecule has 1 nitrogen and oxygen atoms in total. The maximum Gasteiger partial charge on any atom is 0.0108 e. The van der Waals surface area contributed by atoms with E-state index in [1.54, 1.807) is 0 Å². The Balaban J connectivity index is 3.72. The van der Waals surface area contributed by atoms with Crippen LogP contribution in [0.2, 0.25) is 0 Å². The Morgan fingerprint density at radius 1 is 1.67 bits per heavy atom. The number of allylic oxidation sites excluding steroid dienone is 2. The molecule has 0 saturated heterocycles. The summed E-state index contributed by atoms with van der Waals surface area (Å²) in [5.74, 6) is 0. The molecule has 0 bridgehead atoms. The first-order chi connectivity index (χ1) is 4.22. The quantitative estimate of drug-likeness (QED) is 0.559. The van der Waals surface area contributed by atoms with Gasteiger partial charge in [-0.2, -0.15) is 0 Å². The minimum absolute atomic E-state index is 1.01. The summed E-state index contributed by atoms with van der Waals surface area (Å²) in [5, 5.41) is 0. The lowest BCUT2D eigenvalue weighted by atomic mass is 10.3. The van der Waals surface area contributed by atoms with Gasteiger partial charge in [0.25, 0.3) is 0 Å². The third kappa shape index (κ3) is 2.96. The van der Waals surface area contributed by atoms with Crippen LogP contribution < -0.4 is 0 Å². The van der Waals surface area contributed by atoms with Crippen molar-refractivity contribution in [1.82, 2.24) is 4.90 Å². The highest BCUT2D eigenvalue weighted by atomic mass is 15.1. The Morgan fingerprint density at radius 3 is 2.56 bits per heavy atom. The predicted molar refractivity (Wildman–Crippen MR) is 42.0 cm³/mol. The summed E-state index contributed by atoms with van der Waals surface area (Å²) >= 11 is 0. The summed E-state index contributed by atoms with van der Waals surface area (Å²) in [4.78, 5) is 2.03. The van der Waals surface area contributed by atoms with Gasteiger partial charge in [0.15, 0.2) is 0 Å². The van der Waals surface area contributed by atoms with Crippen molar-refractivity contribution in [3.63, 3.8) is 0 Å². The van der Waals surface area contributed by atoms with Crippen LogP contribution in [-0.4, -0.2) is 11.9 Å². The fraction of sp³-hybridized carbons (Fsp3) is 0.500. The summed E-state index contributed by atoms with van der Waals surface area (Å²) in [6.07, 6.45) is 5.02. The van der Waals surface area contributed by atoms with Crippen molar-refractivity contribution in [1.29, 1.82) is 0 Å². The lowest BCUT2D eigenvalue weighted by Gasteiger charge is -2.14. The Hall–Kier alpha value is -0.720. The first-order valence-electron chi connectivity index (χ1n) is 3.25. The van der Waals surface area contributed by atoms with Gasteiger partial charge in [-0.3, -0.25) is 0 Å². The van der Waals surface area contributed by atoms with Crippen molar-refractivity contribution in [3.05, 3.63) is 24.6 Å². The minimum atomic E-state index is 1.01. The molecule has 0 aliphatic heterocycles. The molecule has 0 unspecified atom stereocenters. The molecule has 9 heavy (non-hydrogen) atoms. The Kier molecular flexibility index (Phi) is 3.85. The molecular formula is C8H15N. The number of hydrogen-bond acceptors (Lipinski definition) is 1. The van der Waals surface area contributed by atoms with Gasteiger partial charge in [-0.1, -0.05) is 19.6 Å². The molecule has 0 amide bonds. The molecule has 0 rings (SSSR count). The molecule has 0 fully saturated rings.